The molecule has 1 heterocycles. The van der Waals surface area contributed by atoms with Crippen molar-refractivity contribution in [2.75, 3.05) is 0 Å². The molecule has 0 fully saturated rings. The lowest BCUT2D eigenvalue weighted by Gasteiger charge is -2.21. The maximum absolute atomic E-state index is 6.21. The van der Waals surface area contributed by atoms with Gasteiger partial charge in [0.05, 0.1) is 11.2 Å². The molecule has 1 aromatic rings. The van der Waals surface area contributed by atoms with E-state index in [1.54, 1.807) is 0 Å². The number of fused-ring (bicyclic) bond motifs is 1. The average Bonchev–Trinajstić information content (AvgIpc) is 2.41. The first-order valence-electron chi connectivity index (χ1n) is 5.46. The summed E-state index contributed by atoms with van der Waals surface area (Å²) >= 11 is 0. The molecule has 0 saturated heterocycles. The molecule has 0 amide bonds. The van der Waals surface area contributed by atoms with E-state index in [0.717, 1.165) is 24.4 Å². The van der Waals surface area contributed by atoms with Crippen LogP contribution in [0.2, 0.25) is 0 Å². The van der Waals surface area contributed by atoms with Gasteiger partial charge in [0.1, 0.15) is 5.82 Å². The second kappa shape index (κ2) is 3.01. The van der Waals surface area contributed by atoms with Gasteiger partial charge in [-0.15, -0.1) is 0 Å². The first kappa shape index (κ1) is 10.6. The van der Waals surface area contributed by atoms with Gasteiger partial charge in [0, 0.05) is 11.6 Å². The summed E-state index contributed by atoms with van der Waals surface area (Å²) in [5, 5.41) is 0. The minimum absolute atomic E-state index is 0.00625. The van der Waals surface area contributed by atoms with E-state index in [2.05, 4.69) is 37.7 Å². The molecule has 2 rings (SSSR count). The van der Waals surface area contributed by atoms with E-state index in [1.807, 2.05) is 6.20 Å². The summed E-state index contributed by atoms with van der Waals surface area (Å²) in [6, 6.07) is 0. The Labute approximate surface area is 91.1 Å². The Morgan fingerprint density at radius 1 is 1.40 bits per heavy atom. The van der Waals surface area contributed by atoms with Crippen molar-refractivity contribution in [1.82, 2.24) is 9.97 Å². The fraction of sp³-hybridized carbons (Fsp3) is 0.667. The third-order valence-electron chi connectivity index (χ3n) is 2.99. The Morgan fingerprint density at radius 3 is 2.67 bits per heavy atom. The van der Waals surface area contributed by atoms with Crippen LogP contribution in [0.25, 0.3) is 0 Å². The van der Waals surface area contributed by atoms with Gasteiger partial charge in [-0.2, -0.15) is 0 Å². The van der Waals surface area contributed by atoms with Gasteiger partial charge in [-0.25, -0.2) is 9.97 Å². The maximum atomic E-state index is 6.21. The molecule has 3 heteroatoms. The Morgan fingerprint density at radius 2 is 2.07 bits per heavy atom. The SMILES string of the molecule is CC(C)(C)c1ncc2c(n1)C(C)(N)CC2. The molecule has 0 spiro atoms. The fourth-order valence-corrected chi connectivity index (χ4v) is 1.96. The molecular weight excluding hydrogens is 186 g/mol. The summed E-state index contributed by atoms with van der Waals surface area (Å²) < 4.78 is 0. The van der Waals surface area contributed by atoms with Gasteiger partial charge in [-0.1, -0.05) is 20.8 Å². The second-order valence-electron chi connectivity index (χ2n) is 5.73. The third kappa shape index (κ3) is 1.76. The van der Waals surface area contributed by atoms with Crippen molar-refractivity contribution in [1.29, 1.82) is 0 Å². The molecular formula is C12H19N3. The Kier molecular flexibility index (Phi) is 2.12. The van der Waals surface area contributed by atoms with E-state index >= 15 is 0 Å². The second-order valence-corrected chi connectivity index (χ2v) is 5.73. The predicted molar refractivity (Wildman–Crippen MR) is 60.6 cm³/mol. The van der Waals surface area contributed by atoms with Crippen LogP contribution in [0.3, 0.4) is 0 Å². The number of nitrogens with two attached hydrogens (primary N) is 1. The number of hydrogen-bond acceptors (Lipinski definition) is 3. The number of rotatable bonds is 0. The summed E-state index contributed by atoms with van der Waals surface area (Å²) in [5.74, 6) is 0.889. The van der Waals surface area contributed by atoms with Gasteiger partial charge < -0.3 is 5.73 Å². The average molecular weight is 205 g/mol. The van der Waals surface area contributed by atoms with Gasteiger partial charge in [0.25, 0.3) is 0 Å². The number of aromatic nitrogens is 2. The van der Waals surface area contributed by atoms with Crippen molar-refractivity contribution in [3.8, 4) is 0 Å². The van der Waals surface area contributed by atoms with Crippen LogP contribution in [0.5, 0.6) is 0 Å². The van der Waals surface area contributed by atoms with Crippen molar-refractivity contribution < 1.29 is 0 Å². The van der Waals surface area contributed by atoms with E-state index in [9.17, 15) is 0 Å². The Balaban J connectivity index is 2.51. The van der Waals surface area contributed by atoms with Crippen molar-refractivity contribution in [3.05, 3.63) is 23.3 Å². The summed E-state index contributed by atoms with van der Waals surface area (Å²) in [6.45, 7) is 8.42. The van der Waals surface area contributed by atoms with Crippen LogP contribution in [-0.4, -0.2) is 9.97 Å². The lowest BCUT2D eigenvalue weighted by atomic mass is 9.94. The van der Waals surface area contributed by atoms with Crippen molar-refractivity contribution in [2.24, 2.45) is 5.73 Å². The van der Waals surface area contributed by atoms with Gasteiger partial charge in [0.2, 0.25) is 0 Å². The van der Waals surface area contributed by atoms with E-state index in [0.29, 0.717) is 0 Å². The minimum Gasteiger partial charge on any atom is -0.320 e. The van der Waals surface area contributed by atoms with Crippen molar-refractivity contribution in [3.63, 3.8) is 0 Å². The highest BCUT2D eigenvalue weighted by Gasteiger charge is 2.33. The van der Waals surface area contributed by atoms with Gasteiger partial charge >= 0.3 is 0 Å². The summed E-state index contributed by atoms with van der Waals surface area (Å²) in [7, 11) is 0. The molecule has 82 valence electrons. The highest BCUT2D eigenvalue weighted by atomic mass is 14.9. The van der Waals surface area contributed by atoms with Gasteiger partial charge in [0.15, 0.2) is 0 Å². The molecule has 3 nitrogen and oxygen atoms in total. The van der Waals surface area contributed by atoms with Crippen LogP contribution < -0.4 is 5.73 Å². The highest BCUT2D eigenvalue weighted by Crippen LogP contribution is 2.33. The van der Waals surface area contributed by atoms with Crippen LogP contribution >= 0.6 is 0 Å². The molecule has 0 saturated carbocycles. The van der Waals surface area contributed by atoms with Crippen LogP contribution in [0, 0.1) is 0 Å². The molecule has 0 bridgehead atoms. The van der Waals surface area contributed by atoms with Crippen molar-refractivity contribution >= 4 is 0 Å². The number of aryl methyl sites for hydroxylation is 1. The van der Waals surface area contributed by atoms with E-state index < -0.39 is 0 Å². The quantitative estimate of drug-likeness (QED) is 0.703. The van der Waals surface area contributed by atoms with Crippen LogP contribution in [0.15, 0.2) is 6.20 Å². The zero-order chi connectivity index (χ0) is 11.3. The summed E-state index contributed by atoms with van der Waals surface area (Å²) in [4.78, 5) is 9.06. The maximum Gasteiger partial charge on any atom is 0.133 e. The predicted octanol–water partition coefficient (Wildman–Crippen LogP) is 1.89. The molecule has 0 aromatic carbocycles. The zero-order valence-corrected chi connectivity index (χ0v) is 9.96. The topological polar surface area (TPSA) is 51.8 Å². The third-order valence-corrected chi connectivity index (χ3v) is 2.99. The zero-order valence-electron chi connectivity index (χ0n) is 9.96. The summed E-state index contributed by atoms with van der Waals surface area (Å²) in [6.07, 6.45) is 3.93. The molecule has 15 heavy (non-hydrogen) atoms. The first-order chi connectivity index (χ1) is 6.81. The van der Waals surface area contributed by atoms with Gasteiger partial charge in [-0.3, -0.25) is 0 Å². The van der Waals surface area contributed by atoms with Crippen molar-refractivity contribution in [2.45, 2.75) is 51.5 Å². The van der Waals surface area contributed by atoms with Crippen LogP contribution in [-0.2, 0) is 17.4 Å². The summed E-state index contributed by atoms with van der Waals surface area (Å²) in [5.41, 5.74) is 8.20. The largest absolute Gasteiger partial charge is 0.320 e. The number of hydrogen-bond donors (Lipinski definition) is 1. The normalized spacial score (nSPS) is 25.4. The lowest BCUT2D eigenvalue weighted by Crippen LogP contribution is -2.32. The Bertz CT molecular complexity index is 388. The van der Waals surface area contributed by atoms with Crippen LogP contribution in [0.4, 0.5) is 0 Å². The smallest absolute Gasteiger partial charge is 0.133 e. The monoisotopic (exact) mass is 205 g/mol. The molecule has 0 aliphatic heterocycles. The van der Waals surface area contributed by atoms with E-state index in [-0.39, 0.29) is 11.0 Å². The van der Waals surface area contributed by atoms with Crippen LogP contribution in [0.1, 0.15) is 51.2 Å². The Hall–Kier alpha value is -0.960. The molecule has 1 aromatic heterocycles. The molecule has 1 aliphatic rings. The molecule has 1 unspecified atom stereocenters. The molecule has 2 N–H and O–H groups in total. The minimum atomic E-state index is -0.266. The standard InChI is InChI=1S/C12H19N3/c1-11(2,3)10-14-7-8-5-6-12(4,13)9(8)15-10/h7H,5-6,13H2,1-4H3. The lowest BCUT2D eigenvalue weighted by molar-refractivity contribution is 0.468. The molecule has 0 radical (unpaired) electrons. The first-order valence-corrected chi connectivity index (χ1v) is 5.46. The molecule has 1 aliphatic carbocycles. The van der Waals surface area contributed by atoms with E-state index in [1.165, 1.54) is 5.56 Å². The van der Waals surface area contributed by atoms with E-state index in [4.69, 9.17) is 5.73 Å². The highest BCUT2D eigenvalue weighted by molar-refractivity contribution is 5.31. The molecule has 1 atom stereocenters. The fourth-order valence-electron chi connectivity index (χ4n) is 1.96. The van der Waals surface area contributed by atoms with Gasteiger partial charge in [-0.05, 0) is 25.3 Å². The number of nitrogens with zero attached hydrogens (tertiary/aromatic N) is 2.